The molecule has 1 fully saturated rings. The smallest absolute Gasteiger partial charge is 0.293 e. The van der Waals surface area contributed by atoms with Crippen molar-refractivity contribution in [2.45, 2.75) is 22.1 Å². The fourth-order valence-corrected chi connectivity index (χ4v) is 7.10. The van der Waals surface area contributed by atoms with Gasteiger partial charge in [-0.3, -0.25) is 39.5 Å². The SMILES string of the molecule is Cc1ccc(C(=O)C2C(=O)C(=O)N(c3ncc(S(=O)(=O)c4ccc([N+](=O)[O-])cc4)s3)C2c2cccc([N+](=O)[O-])c2)cc1. The van der Waals surface area contributed by atoms with Crippen LogP contribution in [0.25, 0.3) is 0 Å². The number of anilines is 1. The Morgan fingerprint density at radius 3 is 2.19 bits per heavy atom. The Morgan fingerprint density at radius 1 is 0.929 bits per heavy atom. The van der Waals surface area contributed by atoms with Crippen LogP contribution in [0.1, 0.15) is 27.5 Å². The van der Waals surface area contributed by atoms with E-state index in [2.05, 4.69) is 4.98 Å². The lowest BCUT2D eigenvalue weighted by atomic mass is 9.86. The highest BCUT2D eigenvalue weighted by molar-refractivity contribution is 7.93. The topological polar surface area (TPSA) is 188 Å². The van der Waals surface area contributed by atoms with E-state index in [9.17, 15) is 43.0 Å². The summed E-state index contributed by atoms with van der Waals surface area (Å²) in [6, 6.07) is 14.2. The largest absolute Gasteiger partial charge is 0.297 e. The Labute approximate surface area is 241 Å². The summed E-state index contributed by atoms with van der Waals surface area (Å²) < 4.78 is 26.2. The second-order valence-corrected chi connectivity index (χ2v) is 12.4. The molecule has 0 spiro atoms. The number of carbonyl (C=O) groups is 3. The molecule has 0 bridgehead atoms. The average molecular weight is 607 g/mol. The number of nitro groups is 2. The normalized spacial score (nSPS) is 16.9. The molecule has 0 N–H and O–H groups in total. The van der Waals surface area contributed by atoms with E-state index >= 15 is 0 Å². The molecule has 2 unspecified atom stereocenters. The van der Waals surface area contributed by atoms with E-state index in [1.165, 1.54) is 30.3 Å². The van der Waals surface area contributed by atoms with Crippen LogP contribution in [0.2, 0.25) is 0 Å². The van der Waals surface area contributed by atoms with E-state index in [-0.39, 0.29) is 36.7 Å². The first-order valence-electron chi connectivity index (χ1n) is 12.1. The first-order valence-corrected chi connectivity index (χ1v) is 14.4. The molecule has 42 heavy (non-hydrogen) atoms. The van der Waals surface area contributed by atoms with Gasteiger partial charge in [-0.2, -0.15) is 0 Å². The van der Waals surface area contributed by atoms with Gasteiger partial charge in [-0.15, -0.1) is 0 Å². The molecule has 0 aliphatic carbocycles. The maximum absolute atomic E-state index is 13.6. The van der Waals surface area contributed by atoms with Crippen LogP contribution in [0.5, 0.6) is 0 Å². The lowest BCUT2D eigenvalue weighted by molar-refractivity contribution is -0.385. The number of rotatable bonds is 8. The minimum Gasteiger partial charge on any atom is -0.293 e. The molecule has 1 aliphatic rings. The van der Waals surface area contributed by atoms with Crippen molar-refractivity contribution in [2.24, 2.45) is 5.92 Å². The van der Waals surface area contributed by atoms with Crippen molar-refractivity contribution in [3.8, 4) is 0 Å². The Kier molecular flexibility index (Phi) is 7.22. The summed E-state index contributed by atoms with van der Waals surface area (Å²) in [7, 11) is -4.24. The molecular formula is C27H18N4O9S2. The van der Waals surface area contributed by atoms with Crippen LogP contribution in [-0.2, 0) is 19.4 Å². The minimum atomic E-state index is -4.24. The Hall–Kier alpha value is -5.15. The molecule has 15 heteroatoms. The molecule has 13 nitrogen and oxygen atoms in total. The number of non-ortho nitro benzene ring substituents is 2. The lowest BCUT2D eigenvalue weighted by Crippen LogP contribution is -2.30. The quantitative estimate of drug-likeness (QED) is 0.0921. The number of aromatic nitrogens is 1. The third-order valence-corrected chi connectivity index (χ3v) is 9.88. The van der Waals surface area contributed by atoms with Crippen LogP contribution in [0.4, 0.5) is 16.5 Å². The van der Waals surface area contributed by atoms with E-state index < -0.39 is 49.1 Å². The van der Waals surface area contributed by atoms with Crippen molar-refractivity contribution in [2.75, 3.05) is 4.90 Å². The van der Waals surface area contributed by atoms with Gasteiger partial charge in [0.25, 0.3) is 17.3 Å². The third kappa shape index (κ3) is 4.95. The van der Waals surface area contributed by atoms with Crippen LogP contribution in [-0.4, -0.2) is 40.7 Å². The molecule has 1 aromatic heterocycles. The van der Waals surface area contributed by atoms with Gasteiger partial charge in [0, 0.05) is 29.8 Å². The molecule has 0 saturated carbocycles. The van der Waals surface area contributed by atoms with Crippen molar-refractivity contribution in [3.05, 3.63) is 116 Å². The average Bonchev–Trinajstić information content (AvgIpc) is 3.56. The summed E-state index contributed by atoms with van der Waals surface area (Å²) in [6.07, 6.45) is 0.966. The van der Waals surface area contributed by atoms with Crippen LogP contribution in [0.15, 0.2) is 88.1 Å². The number of ketones is 2. The minimum absolute atomic E-state index is 0.101. The number of Topliss-reactive ketones (excluding diaryl/α,β-unsaturated/α-hetero) is 2. The molecule has 0 radical (unpaired) electrons. The standard InChI is InChI=1S/C27H18N4O9S2/c1-15-5-7-16(8-6-15)24(32)22-23(17-3-2-4-19(13-17)31(37)38)29(26(34)25(22)33)27-28-14-21(41-27)42(39,40)20-11-9-18(10-12-20)30(35)36/h2-14,22-23H,1H3. The van der Waals surface area contributed by atoms with Crippen molar-refractivity contribution in [1.82, 2.24) is 4.98 Å². The molecule has 2 heterocycles. The van der Waals surface area contributed by atoms with E-state index in [4.69, 9.17) is 0 Å². The molecule has 5 rings (SSSR count). The zero-order valence-corrected chi connectivity index (χ0v) is 23.1. The molecule has 2 atom stereocenters. The van der Waals surface area contributed by atoms with Crippen molar-refractivity contribution < 1.29 is 32.6 Å². The van der Waals surface area contributed by atoms with Gasteiger partial charge >= 0.3 is 0 Å². The van der Waals surface area contributed by atoms with E-state index in [1.54, 1.807) is 19.1 Å². The number of carbonyl (C=O) groups excluding carboxylic acids is 3. The van der Waals surface area contributed by atoms with Gasteiger partial charge < -0.3 is 0 Å². The number of sulfone groups is 1. The molecule has 1 amide bonds. The molecule has 3 aromatic carbocycles. The van der Waals surface area contributed by atoms with Gasteiger partial charge in [0.1, 0.15) is 10.1 Å². The van der Waals surface area contributed by atoms with Crippen LogP contribution < -0.4 is 4.90 Å². The predicted molar refractivity (Wildman–Crippen MR) is 148 cm³/mol. The zero-order chi connectivity index (χ0) is 30.3. The fourth-order valence-electron chi connectivity index (χ4n) is 4.55. The number of hydrogen-bond acceptors (Lipinski definition) is 11. The number of thiazole rings is 1. The van der Waals surface area contributed by atoms with Crippen LogP contribution >= 0.6 is 11.3 Å². The predicted octanol–water partition coefficient (Wildman–Crippen LogP) is 4.26. The van der Waals surface area contributed by atoms with Gasteiger partial charge in [0.05, 0.1) is 27.0 Å². The summed E-state index contributed by atoms with van der Waals surface area (Å²) in [5.74, 6) is -4.50. The monoisotopic (exact) mass is 606 g/mol. The highest BCUT2D eigenvalue weighted by Crippen LogP contribution is 2.44. The first-order chi connectivity index (χ1) is 19.9. The summed E-state index contributed by atoms with van der Waals surface area (Å²) in [6.45, 7) is 1.80. The first kappa shape index (κ1) is 28.4. The van der Waals surface area contributed by atoms with Crippen molar-refractivity contribution >= 4 is 55.2 Å². The van der Waals surface area contributed by atoms with Crippen molar-refractivity contribution in [3.63, 3.8) is 0 Å². The Morgan fingerprint density at radius 2 is 1.57 bits per heavy atom. The number of benzene rings is 3. The zero-order valence-electron chi connectivity index (χ0n) is 21.4. The summed E-state index contributed by atoms with van der Waals surface area (Å²) in [4.78, 5) is 66.1. The third-order valence-electron chi connectivity index (χ3n) is 6.65. The summed E-state index contributed by atoms with van der Waals surface area (Å²) in [5.41, 5.74) is 0.431. The second kappa shape index (κ2) is 10.7. The van der Waals surface area contributed by atoms with Crippen molar-refractivity contribution in [1.29, 1.82) is 0 Å². The number of nitrogens with zero attached hydrogens (tertiary/aromatic N) is 4. The molecule has 1 saturated heterocycles. The number of amides is 1. The van der Waals surface area contributed by atoms with Gasteiger partial charge in [-0.05, 0) is 24.6 Å². The molecule has 4 aromatic rings. The molecule has 212 valence electrons. The summed E-state index contributed by atoms with van der Waals surface area (Å²) >= 11 is 0.543. The van der Waals surface area contributed by atoms with E-state index in [1.807, 2.05) is 0 Å². The number of aryl methyl sites for hydroxylation is 1. The maximum atomic E-state index is 13.6. The number of nitro benzene ring substituents is 2. The molecule has 1 aliphatic heterocycles. The van der Waals surface area contributed by atoms with Crippen LogP contribution in [0.3, 0.4) is 0 Å². The summed E-state index contributed by atoms with van der Waals surface area (Å²) in [5, 5.41) is 22.2. The highest BCUT2D eigenvalue weighted by atomic mass is 32.2. The highest BCUT2D eigenvalue weighted by Gasteiger charge is 2.53. The lowest BCUT2D eigenvalue weighted by Gasteiger charge is -2.25. The van der Waals surface area contributed by atoms with E-state index in [0.29, 0.717) is 11.3 Å². The van der Waals surface area contributed by atoms with Gasteiger partial charge in [0.15, 0.2) is 10.9 Å². The Bertz CT molecular complexity index is 1890. The van der Waals surface area contributed by atoms with E-state index in [0.717, 1.165) is 47.0 Å². The van der Waals surface area contributed by atoms with Gasteiger partial charge in [-0.1, -0.05) is 53.3 Å². The number of hydrogen-bond donors (Lipinski definition) is 0. The fraction of sp³-hybridized carbons (Fsp3) is 0.111. The van der Waals surface area contributed by atoms with Gasteiger partial charge in [0.2, 0.25) is 15.6 Å². The van der Waals surface area contributed by atoms with Gasteiger partial charge in [-0.25, -0.2) is 13.4 Å². The molecular weight excluding hydrogens is 588 g/mol. The van der Waals surface area contributed by atoms with Crippen LogP contribution in [0, 0.1) is 33.1 Å². The maximum Gasteiger partial charge on any atom is 0.297 e. The Balaban J connectivity index is 1.60. The second-order valence-electron chi connectivity index (χ2n) is 9.26.